The topological polar surface area (TPSA) is 63.8 Å². The summed E-state index contributed by atoms with van der Waals surface area (Å²) in [5, 5.41) is 11.6. The number of aromatic nitrogens is 2. The third-order valence-corrected chi connectivity index (χ3v) is 2.94. The van der Waals surface area contributed by atoms with Gasteiger partial charge < -0.3 is 11.1 Å². The van der Waals surface area contributed by atoms with Crippen molar-refractivity contribution >= 4 is 5.82 Å². The summed E-state index contributed by atoms with van der Waals surface area (Å²) < 4.78 is 0. The van der Waals surface area contributed by atoms with E-state index in [9.17, 15) is 0 Å². The molecule has 0 aliphatic heterocycles. The molecule has 4 nitrogen and oxygen atoms in total. The lowest BCUT2D eigenvalue weighted by atomic mass is 10.0. The summed E-state index contributed by atoms with van der Waals surface area (Å²) in [6.07, 6.45) is 0. The van der Waals surface area contributed by atoms with Crippen LogP contribution in [0.5, 0.6) is 0 Å². The fourth-order valence-corrected chi connectivity index (χ4v) is 1.85. The molecule has 0 bridgehead atoms. The second-order valence-electron chi connectivity index (χ2n) is 4.98. The lowest BCUT2D eigenvalue weighted by molar-refractivity contribution is 0.775. The van der Waals surface area contributed by atoms with Crippen molar-refractivity contribution < 1.29 is 0 Å². The van der Waals surface area contributed by atoms with Crippen LogP contribution < -0.4 is 11.1 Å². The van der Waals surface area contributed by atoms with Crippen LogP contribution in [0.15, 0.2) is 30.3 Å². The van der Waals surface area contributed by atoms with Crippen LogP contribution in [0.4, 0.5) is 5.82 Å². The van der Waals surface area contributed by atoms with Gasteiger partial charge in [0.2, 0.25) is 0 Å². The molecule has 3 N–H and O–H groups in total. The van der Waals surface area contributed by atoms with Crippen molar-refractivity contribution in [3.05, 3.63) is 41.5 Å². The molecule has 0 saturated heterocycles. The van der Waals surface area contributed by atoms with Crippen molar-refractivity contribution in [2.24, 2.45) is 5.73 Å². The summed E-state index contributed by atoms with van der Waals surface area (Å²) in [7, 11) is 0. The van der Waals surface area contributed by atoms with Gasteiger partial charge in [0.15, 0.2) is 0 Å². The molecular weight excluding hydrogens is 236 g/mol. The predicted molar refractivity (Wildman–Crippen MR) is 79.1 cm³/mol. The van der Waals surface area contributed by atoms with Crippen molar-refractivity contribution in [2.75, 3.05) is 11.9 Å². The Hall–Kier alpha value is -1.94. The van der Waals surface area contributed by atoms with Gasteiger partial charge in [-0.05, 0) is 44.5 Å². The van der Waals surface area contributed by atoms with Crippen LogP contribution in [-0.2, 0) is 0 Å². The Labute approximate surface area is 114 Å². The van der Waals surface area contributed by atoms with Gasteiger partial charge in [-0.2, -0.15) is 0 Å². The minimum absolute atomic E-state index is 0.0977. The molecule has 0 amide bonds. The normalized spacial score (nSPS) is 12.2. The average Bonchev–Trinajstić information content (AvgIpc) is 2.40. The van der Waals surface area contributed by atoms with Gasteiger partial charge in [-0.3, -0.25) is 0 Å². The molecule has 0 fully saturated rings. The molecule has 1 atom stereocenters. The summed E-state index contributed by atoms with van der Waals surface area (Å²) in [4.78, 5) is 0. The number of aryl methyl sites for hydroxylation is 2. The molecule has 2 rings (SSSR count). The van der Waals surface area contributed by atoms with Crippen molar-refractivity contribution in [1.82, 2.24) is 10.2 Å². The maximum absolute atomic E-state index is 5.69. The monoisotopic (exact) mass is 256 g/mol. The predicted octanol–water partition coefficient (Wildman–Crippen LogP) is 2.52. The number of hydrogen-bond donors (Lipinski definition) is 2. The van der Waals surface area contributed by atoms with E-state index in [1.807, 2.05) is 19.1 Å². The van der Waals surface area contributed by atoms with Gasteiger partial charge in [0.1, 0.15) is 5.82 Å². The number of nitrogens with two attached hydrogens (primary N) is 1. The fourth-order valence-electron chi connectivity index (χ4n) is 1.85. The first-order valence-corrected chi connectivity index (χ1v) is 6.47. The van der Waals surface area contributed by atoms with Gasteiger partial charge in [-0.25, -0.2) is 0 Å². The van der Waals surface area contributed by atoms with E-state index < -0.39 is 0 Å². The molecule has 0 aliphatic rings. The van der Waals surface area contributed by atoms with Gasteiger partial charge in [-0.15, -0.1) is 10.2 Å². The second kappa shape index (κ2) is 5.80. The van der Waals surface area contributed by atoms with Gasteiger partial charge in [0, 0.05) is 18.2 Å². The highest BCUT2D eigenvalue weighted by molar-refractivity contribution is 5.64. The van der Waals surface area contributed by atoms with Crippen molar-refractivity contribution in [3.8, 4) is 11.3 Å². The van der Waals surface area contributed by atoms with Gasteiger partial charge in [0.05, 0.1) is 5.69 Å². The highest BCUT2D eigenvalue weighted by Crippen LogP contribution is 2.22. The maximum atomic E-state index is 5.69. The van der Waals surface area contributed by atoms with Crippen LogP contribution in [0, 0.1) is 13.8 Å². The van der Waals surface area contributed by atoms with E-state index in [1.165, 1.54) is 11.1 Å². The Morgan fingerprint density at radius 2 is 1.95 bits per heavy atom. The molecule has 4 heteroatoms. The minimum Gasteiger partial charge on any atom is -0.367 e. The minimum atomic E-state index is 0.0977. The Morgan fingerprint density at radius 1 is 1.16 bits per heavy atom. The van der Waals surface area contributed by atoms with Gasteiger partial charge in [-0.1, -0.05) is 17.7 Å². The van der Waals surface area contributed by atoms with Crippen LogP contribution in [0.2, 0.25) is 0 Å². The second-order valence-corrected chi connectivity index (χ2v) is 4.98. The van der Waals surface area contributed by atoms with Crippen LogP contribution in [0.1, 0.15) is 18.1 Å². The zero-order valence-electron chi connectivity index (χ0n) is 11.6. The largest absolute Gasteiger partial charge is 0.367 e. The smallest absolute Gasteiger partial charge is 0.148 e. The molecule has 0 spiro atoms. The Morgan fingerprint density at radius 3 is 2.58 bits per heavy atom. The first-order valence-electron chi connectivity index (χ1n) is 6.47. The molecule has 1 aromatic heterocycles. The Kier molecular flexibility index (Phi) is 4.12. The molecule has 1 heterocycles. The molecule has 1 unspecified atom stereocenters. The summed E-state index contributed by atoms with van der Waals surface area (Å²) in [5.41, 5.74) is 10.1. The first kappa shape index (κ1) is 13.5. The molecule has 100 valence electrons. The van der Waals surface area contributed by atoms with Crippen LogP contribution in [0.25, 0.3) is 11.3 Å². The number of benzene rings is 1. The molecule has 19 heavy (non-hydrogen) atoms. The molecular formula is C15H20N4. The van der Waals surface area contributed by atoms with E-state index in [1.54, 1.807) is 0 Å². The zero-order valence-corrected chi connectivity index (χ0v) is 11.6. The maximum Gasteiger partial charge on any atom is 0.148 e. The van der Waals surface area contributed by atoms with E-state index in [4.69, 9.17) is 5.73 Å². The lowest BCUT2D eigenvalue weighted by Crippen LogP contribution is -2.25. The molecule has 0 saturated carbocycles. The van der Waals surface area contributed by atoms with Gasteiger partial charge in [0.25, 0.3) is 0 Å². The molecule has 0 aliphatic carbocycles. The number of anilines is 1. The van der Waals surface area contributed by atoms with E-state index in [-0.39, 0.29) is 6.04 Å². The van der Waals surface area contributed by atoms with Gasteiger partial charge >= 0.3 is 0 Å². The summed E-state index contributed by atoms with van der Waals surface area (Å²) in [6, 6.07) is 10.4. The third kappa shape index (κ3) is 3.51. The summed E-state index contributed by atoms with van der Waals surface area (Å²) in [5.74, 6) is 0.756. The lowest BCUT2D eigenvalue weighted by Gasteiger charge is -2.09. The van der Waals surface area contributed by atoms with Crippen molar-refractivity contribution in [2.45, 2.75) is 26.8 Å². The van der Waals surface area contributed by atoms with Crippen molar-refractivity contribution in [1.29, 1.82) is 0 Å². The molecule has 1 aromatic carbocycles. The van der Waals surface area contributed by atoms with Crippen molar-refractivity contribution in [3.63, 3.8) is 0 Å². The average molecular weight is 256 g/mol. The number of rotatable bonds is 4. The third-order valence-electron chi connectivity index (χ3n) is 2.94. The van der Waals surface area contributed by atoms with Crippen LogP contribution in [0.3, 0.4) is 0 Å². The van der Waals surface area contributed by atoms with E-state index in [0.29, 0.717) is 6.54 Å². The highest BCUT2D eigenvalue weighted by Gasteiger charge is 2.05. The van der Waals surface area contributed by atoms with Crippen LogP contribution in [-0.4, -0.2) is 22.8 Å². The standard InChI is InChI=1S/C15H20N4/c1-10-4-5-11(2)13(8-10)14-6-7-15(19-18-14)17-9-12(3)16/h4-8,12H,9,16H2,1-3H3,(H,17,19). The first-order chi connectivity index (χ1) is 9.06. The SMILES string of the molecule is Cc1ccc(C)c(-c2ccc(NCC(C)N)nn2)c1. The Bertz CT molecular complexity index is 547. The number of nitrogens with zero attached hydrogens (tertiary/aromatic N) is 2. The van der Waals surface area contributed by atoms with E-state index in [2.05, 4.69) is 47.6 Å². The summed E-state index contributed by atoms with van der Waals surface area (Å²) >= 11 is 0. The van der Waals surface area contributed by atoms with E-state index >= 15 is 0 Å². The molecule has 0 radical (unpaired) electrons. The van der Waals surface area contributed by atoms with E-state index in [0.717, 1.165) is 17.1 Å². The fraction of sp³-hybridized carbons (Fsp3) is 0.333. The van der Waals surface area contributed by atoms with Crippen LogP contribution >= 0.6 is 0 Å². The molecule has 2 aromatic rings. The number of hydrogen-bond acceptors (Lipinski definition) is 4. The summed E-state index contributed by atoms with van der Waals surface area (Å²) in [6.45, 7) is 6.80. The highest BCUT2D eigenvalue weighted by atomic mass is 15.2. The number of nitrogens with one attached hydrogen (secondary N) is 1. The zero-order chi connectivity index (χ0) is 13.8. The Balaban J connectivity index is 2.20. The quantitative estimate of drug-likeness (QED) is 0.882.